The second-order valence-electron chi connectivity index (χ2n) is 11.5. The predicted molar refractivity (Wildman–Crippen MR) is 168 cm³/mol. The standard InChI is InChI=1S/C36H34FN3O4/c1-39(2)35(41)25-13-17-31(24-7-6-8-28(37)20-24)27(19-25)22-44-30-15-11-23(12-16-30)34-38-32-21-26(36(42)43)14-18-33(32)40(34)29-9-4-3-5-10-29/h6-8,11-21,29H,3-5,9-10,22H2,1-2H3,(H,42,43). The highest BCUT2D eigenvalue weighted by Gasteiger charge is 2.23. The number of fused-ring (bicyclic) bond motifs is 1. The van der Waals surface area contributed by atoms with Crippen LogP contribution in [0.25, 0.3) is 33.5 Å². The second-order valence-corrected chi connectivity index (χ2v) is 11.5. The van der Waals surface area contributed by atoms with Crippen molar-refractivity contribution < 1.29 is 23.8 Å². The Balaban J connectivity index is 1.30. The van der Waals surface area contributed by atoms with Gasteiger partial charge in [-0.25, -0.2) is 14.2 Å². The molecule has 1 N–H and O–H groups in total. The average Bonchev–Trinajstić information content (AvgIpc) is 3.43. The van der Waals surface area contributed by atoms with Crippen LogP contribution in [0, 0.1) is 5.82 Å². The van der Waals surface area contributed by atoms with E-state index >= 15 is 0 Å². The number of rotatable bonds is 8. The maximum absolute atomic E-state index is 14.1. The number of aromatic nitrogens is 2. The van der Waals surface area contributed by atoms with E-state index in [1.165, 1.54) is 23.5 Å². The molecule has 1 heterocycles. The molecular weight excluding hydrogens is 557 g/mol. The highest BCUT2D eigenvalue weighted by atomic mass is 19.1. The normalized spacial score (nSPS) is 13.6. The van der Waals surface area contributed by atoms with E-state index in [0.717, 1.165) is 53.7 Å². The SMILES string of the molecule is CN(C)C(=O)c1ccc(-c2cccc(F)c2)c(COc2ccc(-c3nc4cc(C(=O)O)ccc4n3C3CCCCC3)cc2)c1. The summed E-state index contributed by atoms with van der Waals surface area (Å²) in [5.74, 6) is 0.00921. The molecule has 1 aromatic heterocycles. The van der Waals surface area contributed by atoms with Gasteiger partial charge in [0.05, 0.1) is 16.6 Å². The van der Waals surface area contributed by atoms with Crippen molar-refractivity contribution in [2.24, 2.45) is 0 Å². The van der Waals surface area contributed by atoms with Crippen molar-refractivity contribution in [1.29, 1.82) is 0 Å². The summed E-state index contributed by atoms with van der Waals surface area (Å²) in [6, 6.07) is 24.9. The van der Waals surface area contributed by atoms with Crippen molar-refractivity contribution in [3.05, 3.63) is 107 Å². The van der Waals surface area contributed by atoms with Crippen molar-refractivity contribution in [3.8, 4) is 28.3 Å². The molecule has 224 valence electrons. The molecule has 0 bridgehead atoms. The first-order valence-electron chi connectivity index (χ1n) is 14.9. The van der Waals surface area contributed by atoms with Crippen molar-refractivity contribution in [1.82, 2.24) is 14.5 Å². The van der Waals surface area contributed by atoms with E-state index in [1.54, 1.807) is 44.4 Å². The van der Waals surface area contributed by atoms with Crippen LogP contribution >= 0.6 is 0 Å². The van der Waals surface area contributed by atoms with Crippen LogP contribution in [0.2, 0.25) is 0 Å². The number of carbonyl (C=O) groups is 2. The van der Waals surface area contributed by atoms with Crippen LogP contribution in [-0.4, -0.2) is 45.5 Å². The summed E-state index contributed by atoms with van der Waals surface area (Å²) in [6.45, 7) is 0.179. The van der Waals surface area contributed by atoms with Crippen molar-refractivity contribution in [2.45, 2.75) is 44.8 Å². The Morgan fingerprint density at radius 2 is 1.66 bits per heavy atom. The van der Waals surface area contributed by atoms with Gasteiger partial charge in [0, 0.05) is 31.3 Å². The summed E-state index contributed by atoms with van der Waals surface area (Å²) in [6.07, 6.45) is 5.65. The zero-order chi connectivity index (χ0) is 30.8. The molecule has 0 unspecified atom stereocenters. The van der Waals surface area contributed by atoms with Crippen molar-refractivity contribution in [3.63, 3.8) is 0 Å². The van der Waals surface area contributed by atoms with Crippen LogP contribution in [-0.2, 0) is 6.61 Å². The number of carboxylic acids is 1. The maximum atomic E-state index is 14.1. The number of hydrogen-bond donors (Lipinski definition) is 1. The molecule has 0 atom stereocenters. The minimum Gasteiger partial charge on any atom is -0.489 e. The zero-order valence-corrected chi connectivity index (χ0v) is 24.8. The lowest BCUT2D eigenvalue weighted by Gasteiger charge is -2.25. The monoisotopic (exact) mass is 591 g/mol. The number of carboxylic acid groups (broad SMARTS) is 1. The molecule has 1 amide bonds. The summed E-state index contributed by atoms with van der Waals surface area (Å²) in [4.78, 5) is 30.7. The minimum absolute atomic E-state index is 0.127. The molecule has 8 heteroatoms. The molecule has 1 aliphatic carbocycles. The summed E-state index contributed by atoms with van der Waals surface area (Å²) in [5.41, 5.74) is 5.52. The smallest absolute Gasteiger partial charge is 0.335 e. The van der Waals surface area contributed by atoms with E-state index in [9.17, 15) is 19.1 Å². The number of aromatic carboxylic acids is 1. The second kappa shape index (κ2) is 12.3. The van der Waals surface area contributed by atoms with E-state index in [2.05, 4.69) is 4.57 Å². The maximum Gasteiger partial charge on any atom is 0.335 e. The molecular formula is C36H34FN3O4. The number of halogens is 1. The van der Waals surface area contributed by atoms with Gasteiger partial charge in [-0.1, -0.05) is 37.5 Å². The van der Waals surface area contributed by atoms with Crippen LogP contribution in [0.1, 0.15) is 64.4 Å². The van der Waals surface area contributed by atoms with Gasteiger partial charge in [0.2, 0.25) is 0 Å². The fraction of sp³-hybridized carbons (Fsp3) is 0.250. The number of nitrogens with zero attached hydrogens (tertiary/aromatic N) is 3. The average molecular weight is 592 g/mol. The molecule has 0 radical (unpaired) electrons. The van der Waals surface area contributed by atoms with Crippen LogP contribution in [0.3, 0.4) is 0 Å². The van der Waals surface area contributed by atoms with Gasteiger partial charge >= 0.3 is 5.97 Å². The summed E-state index contributed by atoms with van der Waals surface area (Å²) < 4.78 is 22.6. The van der Waals surface area contributed by atoms with E-state index in [-0.39, 0.29) is 23.9 Å². The van der Waals surface area contributed by atoms with Crippen LogP contribution in [0.4, 0.5) is 4.39 Å². The molecule has 6 rings (SSSR count). The van der Waals surface area contributed by atoms with Gasteiger partial charge in [-0.15, -0.1) is 0 Å². The molecule has 4 aromatic carbocycles. The Kier molecular flexibility index (Phi) is 8.15. The van der Waals surface area contributed by atoms with Crippen molar-refractivity contribution >= 4 is 22.9 Å². The first-order valence-corrected chi connectivity index (χ1v) is 14.9. The predicted octanol–water partition coefficient (Wildman–Crippen LogP) is 7.99. The lowest BCUT2D eigenvalue weighted by molar-refractivity contribution is 0.0696. The molecule has 44 heavy (non-hydrogen) atoms. The minimum atomic E-state index is -0.973. The number of benzene rings is 4. The van der Waals surface area contributed by atoms with E-state index in [1.807, 2.05) is 42.5 Å². The highest BCUT2D eigenvalue weighted by molar-refractivity contribution is 5.95. The van der Waals surface area contributed by atoms with Crippen LogP contribution < -0.4 is 4.74 Å². The Morgan fingerprint density at radius 1 is 0.909 bits per heavy atom. The fourth-order valence-corrected chi connectivity index (χ4v) is 6.05. The van der Waals surface area contributed by atoms with E-state index in [0.29, 0.717) is 28.4 Å². The number of hydrogen-bond acceptors (Lipinski definition) is 4. The third-order valence-electron chi connectivity index (χ3n) is 8.28. The molecule has 0 aliphatic heterocycles. The fourth-order valence-electron chi connectivity index (χ4n) is 6.05. The topological polar surface area (TPSA) is 84.7 Å². The number of ether oxygens (including phenoxy) is 1. The lowest BCUT2D eigenvalue weighted by atomic mass is 9.95. The van der Waals surface area contributed by atoms with Gasteiger partial charge in [-0.3, -0.25) is 4.79 Å². The largest absolute Gasteiger partial charge is 0.489 e. The van der Waals surface area contributed by atoms with Gasteiger partial charge in [0.1, 0.15) is 24.0 Å². The number of carbonyl (C=O) groups excluding carboxylic acids is 1. The zero-order valence-electron chi connectivity index (χ0n) is 24.8. The lowest BCUT2D eigenvalue weighted by Crippen LogP contribution is -2.21. The molecule has 1 saturated carbocycles. The highest BCUT2D eigenvalue weighted by Crippen LogP contribution is 2.37. The number of imidazole rings is 1. The van der Waals surface area contributed by atoms with Crippen LogP contribution in [0.5, 0.6) is 5.75 Å². The molecule has 1 aliphatic rings. The van der Waals surface area contributed by atoms with Gasteiger partial charge in [-0.2, -0.15) is 0 Å². The quantitative estimate of drug-likeness (QED) is 0.198. The third-order valence-corrected chi connectivity index (χ3v) is 8.28. The van der Waals surface area contributed by atoms with Crippen LogP contribution in [0.15, 0.2) is 84.9 Å². The summed E-state index contributed by atoms with van der Waals surface area (Å²) >= 11 is 0. The molecule has 0 saturated heterocycles. The molecule has 7 nitrogen and oxygen atoms in total. The molecule has 5 aromatic rings. The van der Waals surface area contributed by atoms with Crippen molar-refractivity contribution in [2.75, 3.05) is 14.1 Å². The van der Waals surface area contributed by atoms with Gasteiger partial charge in [0.15, 0.2) is 0 Å². The van der Waals surface area contributed by atoms with Gasteiger partial charge < -0.3 is 19.3 Å². The first kappa shape index (κ1) is 29.1. The van der Waals surface area contributed by atoms with E-state index in [4.69, 9.17) is 9.72 Å². The Hall–Kier alpha value is -4.98. The Bertz CT molecular complexity index is 1840. The molecule has 0 spiro atoms. The third kappa shape index (κ3) is 5.93. The van der Waals surface area contributed by atoms with E-state index < -0.39 is 5.97 Å². The van der Waals surface area contributed by atoms with Gasteiger partial charge in [0.25, 0.3) is 5.91 Å². The summed E-state index contributed by atoms with van der Waals surface area (Å²) in [5, 5.41) is 9.53. The number of amides is 1. The first-order chi connectivity index (χ1) is 21.3. The molecule has 1 fully saturated rings. The van der Waals surface area contributed by atoms with Gasteiger partial charge in [-0.05, 0) is 96.3 Å². The summed E-state index contributed by atoms with van der Waals surface area (Å²) in [7, 11) is 3.41. The Morgan fingerprint density at radius 3 is 2.36 bits per heavy atom. The Labute approximate surface area is 255 Å².